The Labute approximate surface area is 134 Å². The molecule has 2 saturated carbocycles. The van der Waals surface area contributed by atoms with E-state index in [1.54, 1.807) is 11.3 Å². The average Bonchev–Trinajstić information content (AvgIpc) is 3.09. The third-order valence-electron chi connectivity index (χ3n) is 4.40. The number of carboxylic acid groups (broad SMARTS) is 1. The summed E-state index contributed by atoms with van der Waals surface area (Å²) in [4.78, 5) is 14.3. The van der Waals surface area contributed by atoms with E-state index in [4.69, 9.17) is 16.7 Å². The van der Waals surface area contributed by atoms with E-state index in [2.05, 4.69) is 10.2 Å². The van der Waals surface area contributed by atoms with Crippen LogP contribution in [0.5, 0.6) is 0 Å². The van der Waals surface area contributed by atoms with Crippen molar-refractivity contribution < 1.29 is 9.90 Å². The summed E-state index contributed by atoms with van der Waals surface area (Å²) in [5, 5.41) is 15.4. The maximum absolute atomic E-state index is 11.0. The van der Waals surface area contributed by atoms with Gasteiger partial charge in [0, 0.05) is 30.1 Å². The van der Waals surface area contributed by atoms with Crippen molar-refractivity contribution in [3.05, 3.63) is 21.3 Å². The van der Waals surface area contributed by atoms with E-state index >= 15 is 0 Å². The molecule has 2 N–H and O–H groups in total. The first-order chi connectivity index (χ1) is 10.1. The molecule has 0 spiro atoms. The molecule has 0 bridgehead atoms. The van der Waals surface area contributed by atoms with Crippen LogP contribution in [0.3, 0.4) is 0 Å². The molecule has 2 aliphatic carbocycles. The van der Waals surface area contributed by atoms with Gasteiger partial charge in [0.1, 0.15) is 0 Å². The second kappa shape index (κ2) is 6.65. The molecule has 0 aliphatic heterocycles. The largest absolute Gasteiger partial charge is 0.480 e. The molecule has 0 atom stereocenters. The van der Waals surface area contributed by atoms with Gasteiger partial charge in [0.2, 0.25) is 0 Å². The minimum Gasteiger partial charge on any atom is -0.480 e. The molecule has 3 rings (SSSR count). The van der Waals surface area contributed by atoms with Crippen LogP contribution >= 0.6 is 22.9 Å². The van der Waals surface area contributed by atoms with Crippen LogP contribution in [0.15, 0.2) is 11.4 Å². The Balaban J connectivity index is 1.42. The molecule has 0 radical (unpaired) electrons. The molecule has 2 fully saturated rings. The fraction of sp³-hybridized carbons (Fsp3) is 0.667. The molecular formula is C15H21ClN2O2S. The standard InChI is InChI=1S/C15H21ClN2O2S/c16-13-3-4-21-14(13)7-17-11-5-12(6-11)18(9-15(19)20)8-10-1-2-10/h3-4,10-12,17H,1-2,5-9H2,(H,19,20). The molecule has 21 heavy (non-hydrogen) atoms. The number of carboxylic acids is 1. The molecule has 6 heteroatoms. The van der Waals surface area contributed by atoms with Gasteiger partial charge in [-0.15, -0.1) is 11.3 Å². The first kappa shape index (κ1) is 15.3. The molecule has 4 nitrogen and oxygen atoms in total. The predicted octanol–water partition coefficient (Wildman–Crippen LogP) is 2.82. The first-order valence-electron chi connectivity index (χ1n) is 7.53. The maximum Gasteiger partial charge on any atom is 0.317 e. The van der Waals surface area contributed by atoms with Crippen molar-refractivity contribution in [3.63, 3.8) is 0 Å². The zero-order valence-corrected chi connectivity index (χ0v) is 13.5. The van der Waals surface area contributed by atoms with Gasteiger partial charge < -0.3 is 10.4 Å². The van der Waals surface area contributed by atoms with Crippen LogP contribution in [0.25, 0.3) is 0 Å². The Morgan fingerprint density at radius 3 is 2.81 bits per heavy atom. The minimum atomic E-state index is -0.711. The lowest BCUT2D eigenvalue weighted by Crippen LogP contribution is -2.54. The Hall–Kier alpha value is -0.620. The van der Waals surface area contributed by atoms with E-state index in [9.17, 15) is 4.79 Å². The number of nitrogens with zero attached hydrogens (tertiary/aromatic N) is 1. The quantitative estimate of drug-likeness (QED) is 0.770. The fourth-order valence-electron chi connectivity index (χ4n) is 2.89. The lowest BCUT2D eigenvalue weighted by molar-refractivity contribution is -0.139. The van der Waals surface area contributed by atoms with Crippen LogP contribution in [-0.2, 0) is 11.3 Å². The van der Waals surface area contributed by atoms with Gasteiger partial charge in [0.25, 0.3) is 0 Å². The van der Waals surface area contributed by atoms with E-state index in [1.165, 1.54) is 17.7 Å². The van der Waals surface area contributed by atoms with Crippen molar-refractivity contribution in [2.45, 2.75) is 44.3 Å². The van der Waals surface area contributed by atoms with E-state index in [-0.39, 0.29) is 6.54 Å². The number of thiophene rings is 1. The number of carbonyl (C=O) groups is 1. The van der Waals surface area contributed by atoms with Gasteiger partial charge in [0.15, 0.2) is 0 Å². The topological polar surface area (TPSA) is 52.6 Å². The number of hydrogen-bond acceptors (Lipinski definition) is 4. The third kappa shape index (κ3) is 4.19. The highest BCUT2D eigenvalue weighted by Gasteiger charge is 2.36. The van der Waals surface area contributed by atoms with Crippen molar-refractivity contribution in [2.24, 2.45) is 5.92 Å². The number of hydrogen-bond donors (Lipinski definition) is 2. The van der Waals surface area contributed by atoms with Crippen LogP contribution in [-0.4, -0.2) is 41.1 Å². The lowest BCUT2D eigenvalue weighted by Gasteiger charge is -2.43. The predicted molar refractivity (Wildman–Crippen MR) is 84.9 cm³/mol. The molecule has 116 valence electrons. The van der Waals surface area contributed by atoms with Crippen LogP contribution < -0.4 is 5.32 Å². The lowest BCUT2D eigenvalue weighted by atomic mass is 9.85. The third-order valence-corrected chi connectivity index (χ3v) is 5.79. The Kier molecular flexibility index (Phi) is 4.84. The van der Waals surface area contributed by atoms with Gasteiger partial charge >= 0.3 is 5.97 Å². The maximum atomic E-state index is 11.0. The van der Waals surface area contributed by atoms with Gasteiger partial charge in [-0.1, -0.05) is 11.6 Å². The summed E-state index contributed by atoms with van der Waals surface area (Å²) in [6.07, 6.45) is 4.62. The summed E-state index contributed by atoms with van der Waals surface area (Å²) < 4.78 is 0. The second-order valence-electron chi connectivity index (χ2n) is 6.16. The number of nitrogens with one attached hydrogen (secondary N) is 1. The molecule has 0 aromatic carbocycles. The molecule has 0 amide bonds. The highest BCUT2D eigenvalue weighted by molar-refractivity contribution is 7.10. The Morgan fingerprint density at radius 1 is 1.48 bits per heavy atom. The Bertz CT molecular complexity index is 498. The molecule has 1 aromatic rings. The Morgan fingerprint density at radius 2 is 2.24 bits per heavy atom. The molecule has 0 unspecified atom stereocenters. The summed E-state index contributed by atoms with van der Waals surface area (Å²) in [6.45, 7) is 1.96. The van der Waals surface area contributed by atoms with Gasteiger partial charge in [-0.2, -0.15) is 0 Å². The van der Waals surface area contributed by atoms with Gasteiger partial charge in [-0.3, -0.25) is 9.69 Å². The van der Waals surface area contributed by atoms with Crippen molar-refractivity contribution in [1.29, 1.82) is 0 Å². The summed E-state index contributed by atoms with van der Waals surface area (Å²) in [6, 6.07) is 2.85. The van der Waals surface area contributed by atoms with Gasteiger partial charge in [-0.05, 0) is 43.0 Å². The summed E-state index contributed by atoms with van der Waals surface area (Å²) >= 11 is 7.76. The fourth-order valence-corrected chi connectivity index (χ4v) is 3.94. The van der Waals surface area contributed by atoms with E-state index < -0.39 is 5.97 Å². The van der Waals surface area contributed by atoms with Crippen molar-refractivity contribution in [1.82, 2.24) is 10.2 Å². The molecule has 2 aliphatic rings. The molecule has 1 aromatic heterocycles. The van der Waals surface area contributed by atoms with Crippen LogP contribution in [0.1, 0.15) is 30.6 Å². The number of rotatable bonds is 8. The zero-order valence-electron chi connectivity index (χ0n) is 11.9. The van der Waals surface area contributed by atoms with Crippen LogP contribution in [0.4, 0.5) is 0 Å². The second-order valence-corrected chi connectivity index (χ2v) is 7.57. The monoisotopic (exact) mass is 328 g/mol. The number of aliphatic carboxylic acids is 1. The SMILES string of the molecule is O=C(O)CN(CC1CC1)C1CC(NCc2sccc2Cl)C1. The van der Waals surface area contributed by atoms with E-state index in [1.807, 2.05) is 11.4 Å². The molecule has 0 saturated heterocycles. The van der Waals surface area contributed by atoms with Crippen LogP contribution in [0.2, 0.25) is 5.02 Å². The normalized spacial score (nSPS) is 25.0. The van der Waals surface area contributed by atoms with Gasteiger partial charge in [0.05, 0.1) is 11.6 Å². The van der Waals surface area contributed by atoms with Crippen molar-refractivity contribution in [2.75, 3.05) is 13.1 Å². The average molecular weight is 329 g/mol. The minimum absolute atomic E-state index is 0.185. The molecular weight excluding hydrogens is 308 g/mol. The van der Waals surface area contributed by atoms with Crippen molar-refractivity contribution >= 4 is 28.9 Å². The van der Waals surface area contributed by atoms with Crippen LogP contribution in [0, 0.1) is 5.92 Å². The summed E-state index contributed by atoms with van der Waals surface area (Å²) in [5.41, 5.74) is 0. The van der Waals surface area contributed by atoms with Crippen molar-refractivity contribution in [3.8, 4) is 0 Å². The first-order valence-corrected chi connectivity index (χ1v) is 8.78. The molecule has 1 heterocycles. The van der Waals surface area contributed by atoms with Gasteiger partial charge in [-0.25, -0.2) is 0 Å². The summed E-state index contributed by atoms with van der Waals surface area (Å²) in [7, 11) is 0. The van der Waals surface area contributed by atoms with E-state index in [0.717, 1.165) is 36.9 Å². The smallest absolute Gasteiger partial charge is 0.317 e. The highest BCUT2D eigenvalue weighted by atomic mass is 35.5. The summed E-state index contributed by atoms with van der Waals surface area (Å²) in [5.74, 6) is 0.0266. The zero-order chi connectivity index (χ0) is 14.8. The number of halogens is 1. The highest BCUT2D eigenvalue weighted by Crippen LogP contribution is 2.34. The van der Waals surface area contributed by atoms with E-state index in [0.29, 0.717) is 12.1 Å².